The Kier molecular flexibility index (Phi) is 4.77. The van der Waals surface area contributed by atoms with Gasteiger partial charge in [-0.15, -0.1) is 0 Å². The predicted molar refractivity (Wildman–Crippen MR) is 100 cm³/mol. The second-order valence-corrected chi connectivity index (χ2v) is 6.53. The third kappa shape index (κ3) is 3.32. The molecule has 1 amide bonds. The Labute approximate surface area is 162 Å². The van der Waals surface area contributed by atoms with Gasteiger partial charge in [0, 0.05) is 17.7 Å². The highest BCUT2D eigenvalue weighted by molar-refractivity contribution is 5.94. The first kappa shape index (κ1) is 17.7. The SMILES string of the molecule is COc1ccc(-c2noc([C@@H]3CCCN3C(=O)c3ccc(C#N)cc3)n2)cc1. The number of rotatable bonds is 4. The molecule has 1 aliphatic rings. The van der Waals surface area contributed by atoms with Crippen LogP contribution in [0.25, 0.3) is 11.4 Å². The van der Waals surface area contributed by atoms with E-state index < -0.39 is 0 Å². The molecule has 0 spiro atoms. The molecular formula is C21H18N4O3. The van der Waals surface area contributed by atoms with Gasteiger partial charge in [-0.25, -0.2) is 0 Å². The van der Waals surface area contributed by atoms with Gasteiger partial charge in [-0.3, -0.25) is 4.79 Å². The molecule has 140 valence electrons. The van der Waals surface area contributed by atoms with Crippen LogP contribution in [-0.4, -0.2) is 34.6 Å². The van der Waals surface area contributed by atoms with Crippen molar-refractivity contribution < 1.29 is 14.1 Å². The van der Waals surface area contributed by atoms with E-state index in [2.05, 4.69) is 16.2 Å². The number of nitrogens with zero attached hydrogens (tertiary/aromatic N) is 4. The Morgan fingerprint density at radius 1 is 1.21 bits per heavy atom. The fraction of sp³-hybridized carbons (Fsp3) is 0.238. The third-order valence-corrected chi connectivity index (χ3v) is 4.85. The lowest BCUT2D eigenvalue weighted by atomic mass is 10.1. The Morgan fingerprint density at radius 2 is 1.96 bits per heavy atom. The summed E-state index contributed by atoms with van der Waals surface area (Å²) in [6.45, 7) is 0.629. The first-order chi connectivity index (χ1) is 13.7. The molecule has 1 aromatic heterocycles. The number of carbonyl (C=O) groups is 1. The summed E-state index contributed by atoms with van der Waals surface area (Å²) in [7, 11) is 1.61. The van der Waals surface area contributed by atoms with E-state index in [0.29, 0.717) is 29.4 Å². The van der Waals surface area contributed by atoms with Gasteiger partial charge in [-0.1, -0.05) is 5.16 Å². The number of likely N-dealkylation sites (tertiary alicyclic amines) is 1. The van der Waals surface area contributed by atoms with Crippen molar-refractivity contribution in [2.24, 2.45) is 0 Å². The molecule has 28 heavy (non-hydrogen) atoms. The third-order valence-electron chi connectivity index (χ3n) is 4.85. The molecule has 7 heteroatoms. The Hall–Kier alpha value is -3.66. The van der Waals surface area contributed by atoms with Crippen molar-refractivity contribution in [3.8, 4) is 23.2 Å². The van der Waals surface area contributed by atoms with Crippen LogP contribution < -0.4 is 4.74 Å². The van der Waals surface area contributed by atoms with E-state index in [-0.39, 0.29) is 11.9 Å². The Morgan fingerprint density at radius 3 is 2.64 bits per heavy atom. The van der Waals surface area contributed by atoms with E-state index in [1.54, 1.807) is 36.3 Å². The number of ether oxygens (including phenoxy) is 1. The van der Waals surface area contributed by atoms with Crippen molar-refractivity contribution in [3.05, 3.63) is 65.5 Å². The number of amides is 1. The molecule has 3 aromatic rings. The highest BCUT2D eigenvalue weighted by atomic mass is 16.5. The summed E-state index contributed by atoms with van der Waals surface area (Å²) in [5, 5.41) is 13.0. The van der Waals surface area contributed by atoms with Crippen LogP contribution in [-0.2, 0) is 0 Å². The zero-order valence-electron chi connectivity index (χ0n) is 15.3. The number of carbonyl (C=O) groups excluding carboxylic acids is 1. The zero-order chi connectivity index (χ0) is 19.5. The molecule has 0 N–H and O–H groups in total. The van der Waals surface area contributed by atoms with Crippen LogP contribution in [0.1, 0.15) is 40.7 Å². The average molecular weight is 374 g/mol. The van der Waals surface area contributed by atoms with Crippen molar-refractivity contribution >= 4 is 5.91 Å². The average Bonchev–Trinajstić information content (AvgIpc) is 3.43. The molecule has 4 rings (SSSR count). The van der Waals surface area contributed by atoms with Gasteiger partial charge in [0.25, 0.3) is 5.91 Å². The molecule has 0 bridgehead atoms. The van der Waals surface area contributed by atoms with E-state index >= 15 is 0 Å². The number of hydrogen-bond acceptors (Lipinski definition) is 6. The van der Waals surface area contributed by atoms with E-state index in [4.69, 9.17) is 14.5 Å². The molecule has 0 aliphatic carbocycles. The van der Waals surface area contributed by atoms with Gasteiger partial charge in [0.15, 0.2) is 0 Å². The van der Waals surface area contributed by atoms with Gasteiger partial charge in [0.1, 0.15) is 11.8 Å². The maximum absolute atomic E-state index is 12.9. The fourth-order valence-corrected chi connectivity index (χ4v) is 3.35. The highest BCUT2D eigenvalue weighted by Crippen LogP contribution is 2.33. The summed E-state index contributed by atoms with van der Waals surface area (Å²) >= 11 is 0. The van der Waals surface area contributed by atoms with Crippen LogP contribution in [0.4, 0.5) is 0 Å². The summed E-state index contributed by atoms with van der Waals surface area (Å²) in [6, 6.07) is 15.8. The van der Waals surface area contributed by atoms with Crippen molar-refractivity contribution in [2.75, 3.05) is 13.7 Å². The van der Waals surface area contributed by atoms with Gasteiger partial charge in [0.2, 0.25) is 11.7 Å². The van der Waals surface area contributed by atoms with Gasteiger partial charge >= 0.3 is 0 Å². The summed E-state index contributed by atoms with van der Waals surface area (Å²) in [5.41, 5.74) is 1.88. The summed E-state index contributed by atoms with van der Waals surface area (Å²) in [4.78, 5) is 19.2. The molecular weight excluding hydrogens is 356 g/mol. The first-order valence-corrected chi connectivity index (χ1v) is 8.99. The number of nitriles is 1. The van der Waals surface area contributed by atoms with Crippen LogP contribution in [0.5, 0.6) is 5.75 Å². The smallest absolute Gasteiger partial charge is 0.254 e. The Balaban J connectivity index is 1.55. The number of methoxy groups -OCH3 is 1. The van der Waals surface area contributed by atoms with E-state index in [9.17, 15) is 4.79 Å². The second-order valence-electron chi connectivity index (χ2n) is 6.53. The van der Waals surface area contributed by atoms with Crippen molar-refractivity contribution in [2.45, 2.75) is 18.9 Å². The minimum absolute atomic E-state index is 0.101. The van der Waals surface area contributed by atoms with Crippen molar-refractivity contribution in [1.82, 2.24) is 15.0 Å². The molecule has 0 saturated carbocycles. The topological polar surface area (TPSA) is 92.3 Å². The van der Waals surface area contributed by atoms with Crippen molar-refractivity contribution in [3.63, 3.8) is 0 Å². The lowest BCUT2D eigenvalue weighted by Crippen LogP contribution is -2.30. The lowest BCUT2D eigenvalue weighted by molar-refractivity contribution is 0.0710. The van der Waals surface area contributed by atoms with E-state index in [1.165, 1.54) is 0 Å². The summed E-state index contributed by atoms with van der Waals surface area (Å²) < 4.78 is 10.6. The van der Waals surface area contributed by atoms with E-state index in [1.807, 2.05) is 24.3 Å². The Bertz CT molecular complexity index is 1020. The minimum atomic E-state index is -0.248. The summed E-state index contributed by atoms with van der Waals surface area (Å²) in [5.74, 6) is 1.57. The highest BCUT2D eigenvalue weighted by Gasteiger charge is 2.34. The van der Waals surface area contributed by atoms with Gasteiger partial charge in [-0.05, 0) is 61.4 Å². The summed E-state index contributed by atoms with van der Waals surface area (Å²) in [6.07, 6.45) is 1.64. The normalized spacial score (nSPS) is 16.0. The standard InChI is InChI=1S/C21H18N4O3/c1-27-17-10-8-15(9-11-17)19-23-20(28-24-19)18-3-2-12-25(18)21(26)16-6-4-14(13-22)5-7-16/h4-11,18H,2-3,12H2,1H3/t18-/m0/s1. The molecule has 0 radical (unpaired) electrons. The van der Waals surface area contributed by atoms with Gasteiger partial charge in [0.05, 0.1) is 18.7 Å². The largest absolute Gasteiger partial charge is 0.497 e. The minimum Gasteiger partial charge on any atom is -0.497 e. The van der Waals surface area contributed by atoms with Crippen molar-refractivity contribution in [1.29, 1.82) is 5.26 Å². The molecule has 7 nitrogen and oxygen atoms in total. The molecule has 2 heterocycles. The first-order valence-electron chi connectivity index (χ1n) is 8.99. The van der Waals surface area contributed by atoms with Gasteiger partial charge in [-0.2, -0.15) is 10.2 Å². The van der Waals surface area contributed by atoms with E-state index in [0.717, 1.165) is 24.2 Å². The molecule has 0 unspecified atom stereocenters. The lowest BCUT2D eigenvalue weighted by Gasteiger charge is -2.21. The fourth-order valence-electron chi connectivity index (χ4n) is 3.35. The molecule has 1 fully saturated rings. The van der Waals surface area contributed by atoms with Gasteiger partial charge < -0.3 is 14.2 Å². The zero-order valence-corrected chi connectivity index (χ0v) is 15.3. The van der Waals surface area contributed by atoms with Crippen LogP contribution >= 0.6 is 0 Å². The molecule has 1 atom stereocenters. The number of hydrogen-bond donors (Lipinski definition) is 0. The monoisotopic (exact) mass is 374 g/mol. The van der Waals surface area contributed by atoms with Crippen LogP contribution in [0.3, 0.4) is 0 Å². The van der Waals surface area contributed by atoms with Crippen LogP contribution in [0.15, 0.2) is 53.1 Å². The molecule has 2 aromatic carbocycles. The molecule has 1 aliphatic heterocycles. The maximum atomic E-state index is 12.9. The maximum Gasteiger partial charge on any atom is 0.254 e. The molecule has 1 saturated heterocycles. The van der Waals surface area contributed by atoms with Crippen LogP contribution in [0, 0.1) is 11.3 Å². The van der Waals surface area contributed by atoms with Crippen LogP contribution in [0.2, 0.25) is 0 Å². The predicted octanol–water partition coefficient (Wildman–Crippen LogP) is 3.59. The second kappa shape index (κ2) is 7.53. The number of benzene rings is 2. The quantitative estimate of drug-likeness (QED) is 0.693. The number of aromatic nitrogens is 2.